The molecule has 4 aromatic rings. The summed E-state index contributed by atoms with van der Waals surface area (Å²) in [4.78, 5) is 12.4. The summed E-state index contributed by atoms with van der Waals surface area (Å²) in [6.07, 6.45) is 0. The molecule has 0 amide bonds. The van der Waals surface area contributed by atoms with Crippen molar-refractivity contribution in [1.82, 2.24) is 4.40 Å². The van der Waals surface area contributed by atoms with E-state index in [1.807, 2.05) is 31.2 Å². The largest absolute Gasteiger partial charge is 0.462 e. The lowest BCUT2D eigenvalue weighted by Gasteiger charge is -2.02. The molecule has 0 aliphatic rings. The highest BCUT2D eigenvalue weighted by Gasteiger charge is 2.21. The number of ether oxygens (including phenoxy) is 1. The summed E-state index contributed by atoms with van der Waals surface area (Å²) in [7, 11) is 0. The molecule has 23 heavy (non-hydrogen) atoms. The average molecular weight is 303 g/mol. The van der Waals surface area contributed by atoms with Crippen LogP contribution in [-0.4, -0.2) is 17.0 Å². The molecule has 0 fully saturated rings. The summed E-state index contributed by atoms with van der Waals surface area (Å²) < 4.78 is 7.40. The number of hydrogen-bond acceptors (Lipinski definition) is 2. The topological polar surface area (TPSA) is 30.7 Å². The summed E-state index contributed by atoms with van der Waals surface area (Å²) in [5.41, 5.74) is 7.04. The number of rotatable bonds is 3. The summed E-state index contributed by atoms with van der Waals surface area (Å²) in [6.45, 7) is 4.28. The lowest BCUT2D eigenvalue weighted by Crippen LogP contribution is -2.03. The molecule has 4 rings (SSSR count). The number of carbonyl (C=O) groups is 1. The molecule has 0 aliphatic heterocycles. The van der Waals surface area contributed by atoms with E-state index in [-0.39, 0.29) is 5.97 Å². The molecule has 0 atom stereocenters. The number of benzene rings is 1. The first kappa shape index (κ1) is 13.8. The standard InChI is InChI=1S/C20H17NO2/c1-3-23-20(22)18-12-16-10-13(2)9-15-11-17(19(18)21(15)16)14-7-5-4-6-8-14/h4-12H,3H2,1-2H3. The molecule has 3 aromatic heterocycles. The number of aryl methyl sites for hydroxylation is 1. The zero-order valence-electron chi connectivity index (χ0n) is 13.2. The summed E-state index contributed by atoms with van der Waals surface area (Å²) >= 11 is 0. The van der Waals surface area contributed by atoms with Gasteiger partial charge in [0.15, 0.2) is 0 Å². The molecule has 3 nitrogen and oxygen atoms in total. The SMILES string of the molecule is CCOC(=O)c1cc2cc(C)cc3cc(-c4ccccc4)c1n23. The van der Waals surface area contributed by atoms with Crippen LogP contribution in [0.5, 0.6) is 0 Å². The number of esters is 1. The molecule has 0 unspecified atom stereocenters. The van der Waals surface area contributed by atoms with Crippen LogP contribution in [0, 0.1) is 6.92 Å². The number of aromatic nitrogens is 1. The van der Waals surface area contributed by atoms with E-state index in [1.54, 1.807) is 0 Å². The summed E-state index contributed by atoms with van der Waals surface area (Å²) in [5, 5.41) is 0. The van der Waals surface area contributed by atoms with Crippen molar-refractivity contribution >= 4 is 22.5 Å². The van der Waals surface area contributed by atoms with E-state index in [9.17, 15) is 4.79 Å². The van der Waals surface area contributed by atoms with E-state index < -0.39 is 0 Å². The van der Waals surface area contributed by atoms with Crippen LogP contribution in [0.2, 0.25) is 0 Å². The first-order chi connectivity index (χ1) is 11.2. The Morgan fingerprint density at radius 2 is 1.74 bits per heavy atom. The monoisotopic (exact) mass is 303 g/mol. The van der Waals surface area contributed by atoms with Gasteiger partial charge >= 0.3 is 5.97 Å². The molecule has 0 saturated heterocycles. The normalized spacial score (nSPS) is 11.4. The Balaban J connectivity index is 2.09. The van der Waals surface area contributed by atoms with Gasteiger partial charge in [0.05, 0.1) is 17.7 Å². The van der Waals surface area contributed by atoms with E-state index in [4.69, 9.17) is 4.74 Å². The van der Waals surface area contributed by atoms with Crippen molar-refractivity contribution in [2.75, 3.05) is 6.61 Å². The van der Waals surface area contributed by atoms with Gasteiger partial charge in [-0.3, -0.25) is 0 Å². The fraction of sp³-hybridized carbons (Fsp3) is 0.150. The van der Waals surface area contributed by atoms with Gasteiger partial charge in [-0.2, -0.15) is 0 Å². The minimum Gasteiger partial charge on any atom is -0.462 e. The van der Waals surface area contributed by atoms with Gasteiger partial charge in [-0.25, -0.2) is 4.79 Å². The Labute approximate surface area is 134 Å². The molecule has 0 bridgehead atoms. The second-order valence-corrected chi connectivity index (χ2v) is 5.77. The van der Waals surface area contributed by atoms with E-state index >= 15 is 0 Å². The highest BCUT2D eigenvalue weighted by molar-refractivity contribution is 6.07. The number of pyridine rings is 1. The van der Waals surface area contributed by atoms with Gasteiger partial charge < -0.3 is 9.14 Å². The number of hydrogen-bond donors (Lipinski definition) is 0. The smallest absolute Gasteiger partial charge is 0.340 e. The Hall–Kier alpha value is -2.81. The fourth-order valence-electron chi connectivity index (χ4n) is 3.28. The molecule has 3 heterocycles. The third kappa shape index (κ3) is 2.08. The molecule has 0 spiro atoms. The molecular formula is C20H17NO2. The van der Waals surface area contributed by atoms with Crippen molar-refractivity contribution in [3.63, 3.8) is 0 Å². The van der Waals surface area contributed by atoms with Gasteiger partial charge in [-0.05, 0) is 49.2 Å². The molecule has 0 saturated carbocycles. The van der Waals surface area contributed by atoms with Crippen LogP contribution in [0.25, 0.3) is 27.7 Å². The predicted molar refractivity (Wildman–Crippen MR) is 92.2 cm³/mol. The first-order valence-electron chi connectivity index (χ1n) is 7.79. The maximum absolute atomic E-state index is 12.4. The molecule has 0 N–H and O–H groups in total. The zero-order valence-corrected chi connectivity index (χ0v) is 13.2. The molecule has 3 heteroatoms. The lowest BCUT2D eigenvalue weighted by atomic mass is 10.0. The maximum atomic E-state index is 12.4. The zero-order chi connectivity index (χ0) is 16.0. The number of nitrogens with zero attached hydrogens (tertiary/aromatic N) is 1. The van der Waals surface area contributed by atoms with E-state index in [1.165, 1.54) is 5.56 Å². The Kier molecular flexibility index (Phi) is 3.08. The highest BCUT2D eigenvalue weighted by Crippen LogP contribution is 2.35. The van der Waals surface area contributed by atoms with Crippen LogP contribution in [0.15, 0.2) is 54.6 Å². The highest BCUT2D eigenvalue weighted by atomic mass is 16.5. The van der Waals surface area contributed by atoms with Crippen molar-refractivity contribution in [1.29, 1.82) is 0 Å². The Bertz CT molecular complexity index is 999. The Morgan fingerprint density at radius 3 is 2.43 bits per heavy atom. The minimum absolute atomic E-state index is 0.265. The average Bonchev–Trinajstić information content (AvgIpc) is 3.10. The van der Waals surface area contributed by atoms with Crippen LogP contribution in [0.3, 0.4) is 0 Å². The van der Waals surface area contributed by atoms with Crippen LogP contribution < -0.4 is 0 Å². The predicted octanol–water partition coefficient (Wildman–Crippen LogP) is 4.68. The summed E-state index contributed by atoms with van der Waals surface area (Å²) in [6, 6.07) is 18.5. The van der Waals surface area contributed by atoms with Gasteiger partial charge in [-0.15, -0.1) is 0 Å². The van der Waals surface area contributed by atoms with Crippen molar-refractivity contribution in [2.24, 2.45) is 0 Å². The van der Waals surface area contributed by atoms with Crippen LogP contribution in [0.1, 0.15) is 22.8 Å². The fourth-order valence-corrected chi connectivity index (χ4v) is 3.28. The first-order valence-corrected chi connectivity index (χ1v) is 7.79. The Morgan fingerprint density at radius 1 is 1.04 bits per heavy atom. The van der Waals surface area contributed by atoms with Gasteiger partial charge in [0, 0.05) is 16.6 Å². The van der Waals surface area contributed by atoms with Crippen LogP contribution in [0.4, 0.5) is 0 Å². The van der Waals surface area contributed by atoms with Crippen molar-refractivity contribution < 1.29 is 9.53 Å². The number of carbonyl (C=O) groups excluding carboxylic acids is 1. The second kappa shape index (κ2) is 5.13. The van der Waals surface area contributed by atoms with Crippen LogP contribution >= 0.6 is 0 Å². The molecule has 114 valence electrons. The van der Waals surface area contributed by atoms with Crippen molar-refractivity contribution in [2.45, 2.75) is 13.8 Å². The van der Waals surface area contributed by atoms with Gasteiger partial charge in [0.1, 0.15) is 0 Å². The summed E-state index contributed by atoms with van der Waals surface area (Å²) in [5.74, 6) is -0.265. The molecule has 1 aromatic carbocycles. The second-order valence-electron chi connectivity index (χ2n) is 5.77. The molecule has 0 aliphatic carbocycles. The van der Waals surface area contributed by atoms with E-state index in [0.717, 1.165) is 27.7 Å². The van der Waals surface area contributed by atoms with Crippen molar-refractivity contribution in [3.8, 4) is 11.1 Å². The quantitative estimate of drug-likeness (QED) is 0.514. The van der Waals surface area contributed by atoms with Gasteiger partial charge in [0.2, 0.25) is 0 Å². The van der Waals surface area contributed by atoms with Gasteiger partial charge in [-0.1, -0.05) is 30.3 Å². The van der Waals surface area contributed by atoms with Gasteiger partial charge in [0.25, 0.3) is 0 Å². The van der Waals surface area contributed by atoms with E-state index in [0.29, 0.717) is 12.2 Å². The molecule has 0 radical (unpaired) electrons. The maximum Gasteiger partial charge on any atom is 0.340 e. The lowest BCUT2D eigenvalue weighted by molar-refractivity contribution is 0.0529. The minimum atomic E-state index is -0.265. The molecular weight excluding hydrogens is 286 g/mol. The van der Waals surface area contributed by atoms with Crippen LogP contribution in [-0.2, 0) is 4.74 Å². The third-order valence-electron chi connectivity index (χ3n) is 4.17. The van der Waals surface area contributed by atoms with E-state index in [2.05, 4.69) is 41.7 Å². The van der Waals surface area contributed by atoms with Crippen molar-refractivity contribution in [3.05, 3.63) is 65.7 Å². The third-order valence-corrected chi connectivity index (χ3v) is 4.17.